The summed E-state index contributed by atoms with van der Waals surface area (Å²) in [6.45, 7) is -1.07. The summed E-state index contributed by atoms with van der Waals surface area (Å²) in [6.07, 6.45) is 4.57. The Morgan fingerprint density at radius 2 is 2.07 bits per heavy atom. The molecule has 1 aliphatic rings. The molecule has 0 aromatic heterocycles. The first-order valence-electron chi connectivity index (χ1n) is 8.65. The summed E-state index contributed by atoms with van der Waals surface area (Å²) in [5.74, 6) is 0.708. The molecule has 1 aliphatic carbocycles. The van der Waals surface area contributed by atoms with Gasteiger partial charge in [0.15, 0.2) is 5.96 Å². The molecule has 0 amide bonds. The summed E-state index contributed by atoms with van der Waals surface area (Å²) in [6, 6.07) is 4.56. The average molecular weight is 518 g/mol. The molecule has 0 saturated heterocycles. The highest BCUT2D eigenvalue weighted by Gasteiger charge is 2.36. The monoisotopic (exact) mass is 517 g/mol. The predicted octanol–water partition coefficient (Wildman–Crippen LogP) is 4.43. The Labute approximate surface area is 181 Å². The first-order valence-corrected chi connectivity index (χ1v) is 9.02. The molecule has 1 aromatic carbocycles. The minimum Gasteiger partial charge on any atom is -0.434 e. The Balaban J connectivity index is 0.00000364. The lowest BCUT2D eigenvalue weighted by Gasteiger charge is -2.42. The van der Waals surface area contributed by atoms with Crippen molar-refractivity contribution >= 4 is 41.5 Å². The third-order valence-electron chi connectivity index (χ3n) is 4.79. The van der Waals surface area contributed by atoms with E-state index in [0.717, 1.165) is 19.6 Å². The summed E-state index contributed by atoms with van der Waals surface area (Å²) in [4.78, 5) is 4.20. The van der Waals surface area contributed by atoms with E-state index >= 15 is 0 Å². The Morgan fingerprint density at radius 1 is 1.33 bits per heavy atom. The van der Waals surface area contributed by atoms with E-state index in [1.165, 1.54) is 31.4 Å². The number of guanidine groups is 1. The fourth-order valence-corrected chi connectivity index (χ4v) is 3.27. The molecule has 2 rings (SSSR count). The van der Waals surface area contributed by atoms with Crippen LogP contribution in [0.15, 0.2) is 23.2 Å². The van der Waals surface area contributed by atoms with Gasteiger partial charge >= 0.3 is 6.61 Å². The van der Waals surface area contributed by atoms with E-state index in [-0.39, 0.29) is 41.7 Å². The average Bonchev–Trinajstić information content (AvgIpc) is 2.57. The molecule has 0 atom stereocenters. The fourth-order valence-electron chi connectivity index (χ4n) is 3.08. The van der Waals surface area contributed by atoms with E-state index in [1.54, 1.807) is 20.2 Å². The Hall–Kier alpha value is -0.870. The van der Waals surface area contributed by atoms with E-state index in [4.69, 9.17) is 16.3 Å². The number of alkyl halides is 2. The maximum Gasteiger partial charge on any atom is 0.387 e. The first-order chi connectivity index (χ1) is 12.5. The SMILES string of the molecule is CN=C(NCc1cc(Cl)ccc1OC(F)F)NCC1(CCOC)CCC1.I. The molecule has 2 N–H and O–H groups in total. The zero-order chi connectivity index (χ0) is 19.0. The number of aliphatic imine (C=N–C) groups is 1. The lowest BCUT2D eigenvalue weighted by Crippen LogP contribution is -2.46. The van der Waals surface area contributed by atoms with Crippen LogP contribution < -0.4 is 15.4 Å². The van der Waals surface area contributed by atoms with Gasteiger partial charge in [-0.05, 0) is 42.9 Å². The Kier molecular flexibility index (Phi) is 10.6. The molecule has 0 radical (unpaired) electrons. The van der Waals surface area contributed by atoms with Crippen molar-refractivity contribution < 1.29 is 18.3 Å². The van der Waals surface area contributed by atoms with Gasteiger partial charge in [-0.1, -0.05) is 18.0 Å². The van der Waals surface area contributed by atoms with Crippen molar-refractivity contribution in [1.29, 1.82) is 0 Å². The normalized spacial score (nSPS) is 15.7. The van der Waals surface area contributed by atoms with E-state index in [9.17, 15) is 8.78 Å². The molecule has 1 fully saturated rings. The lowest BCUT2D eigenvalue weighted by atomic mass is 9.67. The number of hydrogen-bond donors (Lipinski definition) is 2. The predicted molar refractivity (Wildman–Crippen MR) is 114 cm³/mol. The van der Waals surface area contributed by atoms with Crippen LogP contribution in [0.3, 0.4) is 0 Å². The van der Waals surface area contributed by atoms with Crippen molar-refractivity contribution in [3.63, 3.8) is 0 Å². The molecule has 0 bridgehead atoms. The molecular formula is C18H27ClF2IN3O2. The minimum absolute atomic E-state index is 0. The van der Waals surface area contributed by atoms with Crippen molar-refractivity contribution in [2.75, 3.05) is 27.3 Å². The number of halogens is 4. The Bertz CT molecular complexity index is 616. The number of hydrogen-bond acceptors (Lipinski definition) is 3. The van der Waals surface area contributed by atoms with Gasteiger partial charge in [-0.2, -0.15) is 8.78 Å². The molecule has 0 aliphatic heterocycles. The van der Waals surface area contributed by atoms with Gasteiger partial charge in [0.05, 0.1) is 0 Å². The van der Waals surface area contributed by atoms with Crippen molar-refractivity contribution in [1.82, 2.24) is 10.6 Å². The maximum absolute atomic E-state index is 12.5. The second-order valence-corrected chi connectivity index (χ2v) is 6.94. The molecule has 9 heteroatoms. The van der Waals surface area contributed by atoms with Crippen molar-refractivity contribution in [2.24, 2.45) is 10.4 Å². The molecular weight excluding hydrogens is 491 g/mol. The van der Waals surface area contributed by atoms with Gasteiger partial charge in [0.2, 0.25) is 0 Å². The molecule has 0 unspecified atom stereocenters. The van der Waals surface area contributed by atoms with Crippen LogP contribution in [0.5, 0.6) is 5.75 Å². The highest BCUT2D eigenvalue weighted by atomic mass is 127. The van der Waals surface area contributed by atoms with E-state index in [0.29, 0.717) is 16.5 Å². The van der Waals surface area contributed by atoms with Crippen LogP contribution in [0, 0.1) is 5.41 Å². The fraction of sp³-hybridized carbons (Fsp3) is 0.611. The number of ether oxygens (including phenoxy) is 2. The molecule has 0 heterocycles. The first kappa shape index (κ1) is 24.2. The zero-order valence-corrected chi connectivity index (χ0v) is 18.7. The summed E-state index contributed by atoms with van der Waals surface area (Å²) >= 11 is 5.97. The summed E-state index contributed by atoms with van der Waals surface area (Å²) < 4.78 is 34.8. The van der Waals surface area contributed by atoms with E-state index in [1.807, 2.05) is 0 Å². The standard InChI is InChI=1S/C18H26ClF2N3O2.HI/c1-22-17(24-12-18(6-3-7-18)8-9-25-2)23-11-13-10-14(19)4-5-15(13)26-16(20)21;/h4-5,10,16H,3,6-9,11-12H2,1-2H3,(H2,22,23,24);1H. The number of nitrogens with zero attached hydrogens (tertiary/aromatic N) is 1. The number of benzene rings is 1. The smallest absolute Gasteiger partial charge is 0.387 e. The quantitative estimate of drug-likeness (QED) is 0.289. The molecule has 27 heavy (non-hydrogen) atoms. The topological polar surface area (TPSA) is 54.9 Å². The van der Waals surface area contributed by atoms with Crippen LogP contribution in [0.25, 0.3) is 0 Å². The highest BCUT2D eigenvalue weighted by molar-refractivity contribution is 14.0. The summed E-state index contributed by atoms with van der Waals surface area (Å²) in [5.41, 5.74) is 0.784. The lowest BCUT2D eigenvalue weighted by molar-refractivity contribution is -0.0504. The second-order valence-electron chi connectivity index (χ2n) is 6.51. The number of methoxy groups -OCH3 is 1. The number of nitrogens with one attached hydrogen (secondary N) is 2. The van der Waals surface area contributed by atoms with Crippen LogP contribution in [0.2, 0.25) is 5.02 Å². The third kappa shape index (κ3) is 7.57. The molecule has 0 spiro atoms. The van der Waals surface area contributed by atoms with Gasteiger partial charge in [0, 0.05) is 44.4 Å². The minimum atomic E-state index is -2.88. The van der Waals surface area contributed by atoms with Crippen molar-refractivity contribution in [3.05, 3.63) is 28.8 Å². The highest BCUT2D eigenvalue weighted by Crippen LogP contribution is 2.43. The number of rotatable bonds is 9. The third-order valence-corrected chi connectivity index (χ3v) is 5.03. The largest absolute Gasteiger partial charge is 0.434 e. The van der Waals surface area contributed by atoms with Crippen LogP contribution in [0.4, 0.5) is 8.78 Å². The van der Waals surface area contributed by atoms with E-state index in [2.05, 4.69) is 20.4 Å². The second kappa shape index (κ2) is 11.9. The molecule has 1 aromatic rings. The van der Waals surface area contributed by atoms with Gasteiger partial charge in [-0.3, -0.25) is 4.99 Å². The van der Waals surface area contributed by atoms with Gasteiger partial charge in [-0.15, -0.1) is 24.0 Å². The van der Waals surface area contributed by atoms with E-state index < -0.39 is 6.61 Å². The maximum atomic E-state index is 12.5. The summed E-state index contributed by atoms with van der Waals surface area (Å²) in [7, 11) is 3.39. The van der Waals surface area contributed by atoms with Crippen molar-refractivity contribution in [2.45, 2.75) is 38.8 Å². The van der Waals surface area contributed by atoms with Crippen LogP contribution >= 0.6 is 35.6 Å². The van der Waals surface area contributed by atoms with Crippen LogP contribution in [-0.2, 0) is 11.3 Å². The van der Waals surface area contributed by atoms with Crippen molar-refractivity contribution in [3.8, 4) is 5.75 Å². The van der Waals surface area contributed by atoms with Gasteiger partial charge in [-0.25, -0.2) is 0 Å². The van der Waals surface area contributed by atoms with Gasteiger partial charge in [0.1, 0.15) is 5.75 Å². The zero-order valence-electron chi connectivity index (χ0n) is 15.6. The molecule has 154 valence electrons. The molecule has 5 nitrogen and oxygen atoms in total. The van der Waals surface area contributed by atoms with Crippen LogP contribution in [-0.4, -0.2) is 39.9 Å². The van der Waals surface area contributed by atoms with Gasteiger partial charge in [0.25, 0.3) is 0 Å². The van der Waals surface area contributed by atoms with Gasteiger partial charge < -0.3 is 20.1 Å². The van der Waals surface area contributed by atoms with Crippen LogP contribution in [0.1, 0.15) is 31.2 Å². The molecule has 1 saturated carbocycles. The Morgan fingerprint density at radius 3 is 2.63 bits per heavy atom. The summed E-state index contributed by atoms with van der Waals surface area (Å²) in [5, 5.41) is 6.91.